The van der Waals surface area contributed by atoms with Crippen LogP contribution in [0, 0.1) is 0 Å². The Balaban J connectivity index is 3.04. The van der Waals surface area contributed by atoms with Crippen molar-refractivity contribution in [1.29, 1.82) is 0 Å². The van der Waals surface area contributed by atoms with Crippen LogP contribution in [0.1, 0.15) is 22.8 Å². The van der Waals surface area contributed by atoms with Gasteiger partial charge in [-0.25, -0.2) is 0 Å². The Morgan fingerprint density at radius 2 is 2.11 bits per heavy atom. The van der Waals surface area contributed by atoms with E-state index in [0.29, 0.717) is 0 Å². The van der Waals surface area contributed by atoms with Crippen molar-refractivity contribution in [1.82, 2.24) is 5.32 Å². The number of nitrogens with one attached hydrogen (secondary N) is 1. The summed E-state index contributed by atoms with van der Waals surface area (Å²) in [4.78, 5) is 11.7. The lowest BCUT2D eigenvalue weighted by atomic mass is 10.1. The van der Waals surface area contributed by atoms with E-state index in [0.717, 1.165) is 12.1 Å². The molecule has 100 valence electrons. The topological polar surface area (TPSA) is 49.3 Å². The van der Waals surface area contributed by atoms with E-state index in [1.807, 2.05) is 0 Å². The van der Waals surface area contributed by atoms with Gasteiger partial charge in [0, 0.05) is 10.5 Å². The number of carbonyl (C=O) groups is 1. The summed E-state index contributed by atoms with van der Waals surface area (Å²) < 4.78 is 37.8. The highest BCUT2D eigenvalue weighted by Gasteiger charge is 2.31. The monoisotopic (exact) mass is 325 g/mol. The summed E-state index contributed by atoms with van der Waals surface area (Å²) in [5.74, 6) is -0.672. The zero-order valence-electron chi connectivity index (χ0n) is 9.38. The van der Waals surface area contributed by atoms with Crippen LogP contribution in [0.15, 0.2) is 22.7 Å². The van der Waals surface area contributed by atoms with Crippen LogP contribution in [0.5, 0.6) is 0 Å². The second-order valence-corrected chi connectivity index (χ2v) is 4.60. The number of hydrogen-bond acceptors (Lipinski definition) is 2. The largest absolute Gasteiger partial charge is 0.416 e. The van der Waals surface area contributed by atoms with Crippen molar-refractivity contribution in [2.45, 2.75) is 19.1 Å². The van der Waals surface area contributed by atoms with Crippen LogP contribution in [0.3, 0.4) is 0 Å². The lowest BCUT2D eigenvalue weighted by molar-refractivity contribution is -0.137. The van der Waals surface area contributed by atoms with Crippen LogP contribution >= 0.6 is 15.9 Å². The van der Waals surface area contributed by atoms with E-state index in [2.05, 4.69) is 21.2 Å². The fourth-order valence-electron chi connectivity index (χ4n) is 1.22. The molecule has 0 saturated carbocycles. The quantitative estimate of drug-likeness (QED) is 0.897. The number of rotatable bonds is 3. The normalized spacial score (nSPS) is 13.2. The maximum atomic E-state index is 12.5. The average Bonchev–Trinajstić information content (AvgIpc) is 2.27. The summed E-state index contributed by atoms with van der Waals surface area (Å²) in [5.41, 5.74) is -1.02. The Kier molecular flexibility index (Phi) is 4.75. The lowest BCUT2D eigenvalue weighted by Crippen LogP contribution is -2.35. The molecule has 0 spiro atoms. The Bertz CT molecular complexity index is 448. The molecule has 0 saturated heterocycles. The molecular weight excluding hydrogens is 315 g/mol. The van der Waals surface area contributed by atoms with Crippen LogP contribution in [0.2, 0.25) is 0 Å². The minimum absolute atomic E-state index is 0.120. The second kappa shape index (κ2) is 5.71. The summed E-state index contributed by atoms with van der Waals surface area (Å²) in [6, 6.07) is 2.29. The van der Waals surface area contributed by atoms with E-state index in [-0.39, 0.29) is 16.6 Å². The fourth-order valence-corrected chi connectivity index (χ4v) is 1.65. The van der Waals surface area contributed by atoms with Gasteiger partial charge in [0.15, 0.2) is 0 Å². The Morgan fingerprint density at radius 1 is 1.50 bits per heavy atom. The number of aliphatic hydroxyl groups is 1. The smallest absolute Gasteiger partial charge is 0.394 e. The van der Waals surface area contributed by atoms with Gasteiger partial charge in [-0.05, 0) is 41.1 Å². The van der Waals surface area contributed by atoms with E-state index in [1.165, 1.54) is 6.07 Å². The Morgan fingerprint density at radius 3 is 2.61 bits per heavy atom. The molecule has 0 fully saturated rings. The molecule has 1 atom stereocenters. The molecule has 1 rings (SSSR count). The molecule has 0 aliphatic heterocycles. The molecule has 0 aromatic heterocycles. The first-order valence-corrected chi connectivity index (χ1v) is 5.83. The number of amides is 1. The summed E-state index contributed by atoms with van der Waals surface area (Å²) in [5, 5.41) is 11.2. The summed E-state index contributed by atoms with van der Waals surface area (Å²) in [6.45, 7) is 1.25. The zero-order chi connectivity index (χ0) is 13.9. The number of benzene rings is 1. The third-order valence-electron chi connectivity index (χ3n) is 2.19. The van der Waals surface area contributed by atoms with Crippen molar-refractivity contribution in [3.63, 3.8) is 0 Å². The predicted octanol–water partition coefficient (Wildman–Crippen LogP) is 2.58. The molecule has 0 aliphatic carbocycles. The number of alkyl halides is 3. The molecule has 1 amide bonds. The molecule has 1 aromatic rings. The number of halogens is 4. The molecule has 0 unspecified atom stereocenters. The summed E-state index contributed by atoms with van der Waals surface area (Å²) in [7, 11) is 0. The zero-order valence-corrected chi connectivity index (χ0v) is 11.0. The minimum atomic E-state index is -4.50. The minimum Gasteiger partial charge on any atom is -0.394 e. The van der Waals surface area contributed by atoms with Gasteiger partial charge >= 0.3 is 6.18 Å². The van der Waals surface area contributed by atoms with Crippen molar-refractivity contribution in [2.24, 2.45) is 0 Å². The second-order valence-electron chi connectivity index (χ2n) is 3.75. The van der Waals surface area contributed by atoms with Crippen LogP contribution in [0.4, 0.5) is 13.2 Å². The van der Waals surface area contributed by atoms with E-state index in [9.17, 15) is 18.0 Å². The maximum Gasteiger partial charge on any atom is 0.416 e. The van der Waals surface area contributed by atoms with Gasteiger partial charge in [0.25, 0.3) is 5.91 Å². The Hall–Kier alpha value is -1.08. The Labute approximate surface area is 110 Å². The van der Waals surface area contributed by atoms with E-state index >= 15 is 0 Å². The molecular formula is C11H11BrF3NO2. The molecule has 3 nitrogen and oxygen atoms in total. The van der Waals surface area contributed by atoms with Crippen molar-refractivity contribution in [3.05, 3.63) is 33.8 Å². The third-order valence-corrected chi connectivity index (χ3v) is 2.88. The van der Waals surface area contributed by atoms with Crippen LogP contribution in [-0.2, 0) is 6.18 Å². The molecule has 18 heavy (non-hydrogen) atoms. The van der Waals surface area contributed by atoms with E-state index < -0.39 is 23.7 Å². The van der Waals surface area contributed by atoms with Crippen LogP contribution < -0.4 is 5.32 Å². The van der Waals surface area contributed by atoms with Crippen LogP contribution in [0.25, 0.3) is 0 Å². The molecule has 2 N–H and O–H groups in total. The first-order valence-electron chi connectivity index (χ1n) is 5.04. The molecule has 0 bridgehead atoms. The van der Waals surface area contributed by atoms with Gasteiger partial charge < -0.3 is 10.4 Å². The predicted molar refractivity (Wildman–Crippen MR) is 63.2 cm³/mol. The number of hydrogen-bond donors (Lipinski definition) is 2. The van der Waals surface area contributed by atoms with Gasteiger partial charge in [-0.3, -0.25) is 4.79 Å². The molecule has 0 aliphatic rings. The summed E-state index contributed by atoms with van der Waals surface area (Å²) >= 11 is 3.02. The van der Waals surface area contributed by atoms with Crippen molar-refractivity contribution in [3.8, 4) is 0 Å². The highest BCUT2D eigenvalue weighted by Crippen LogP contribution is 2.31. The first-order chi connectivity index (χ1) is 8.25. The molecule has 1 aromatic carbocycles. The van der Waals surface area contributed by atoms with Crippen LogP contribution in [-0.4, -0.2) is 23.7 Å². The maximum absolute atomic E-state index is 12.5. The standard InChI is InChI=1S/C11H11BrF3NO2/c1-6(5-17)16-10(18)8-4-7(11(13,14)15)2-3-9(8)12/h2-4,6,17H,5H2,1H3,(H,16,18)/t6-/m1/s1. The van der Waals surface area contributed by atoms with Crippen molar-refractivity contribution < 1.29 is 23.1 Å². The molecule has 0 radical (unpaired) electrons. The van der Waals surface area contributed by atoms with E-state index in [1.54, 1.807) is 6.92 Å². The van der Waals surface area contributed by atoms with Crippen molar-refractivity contribution >= 4 is 21.8 Å². The van der Waals surface area contributed by atoms with Gasteiger partial charge in [0.2, 0.25) is 0 Å². The van der Waals surface area contributed by atoms with Gasteiger partial charge in [0.1, 0.15) is 0 Å². The first kappa shape index (κ1) is 15.0. The highest BCUT2D eigenvalue weighted by atomic mass is 79.9. The lowest BCUT2D eigenvalue weighted by Gasteiger charge is -2.13. The van der Waals surface area contributed by atoms with Gasteiger partial charge in [-0.15, -0.1) is 0 Å². The van der Waals surface area contributed by atoms with Gasteiger partial charge in [-0.2, -0.15) is 13.2 Å². The summed E-state index contributed by atoms with van der Waals surface area (Å²) in [6.07, 6.45) is -4.50. The SMILES string of the molecule is C[C@H](CO)NC(=O)c1cc(C(F)(F)F)ccc1Br. The van der Waals surface area contributed by atoms with Gasteiger partial charge in [-0.1, -0.05) is 0 Å². The molecule has 7 heteroatoms. The number of carbonyl (C=O) groups excluding carboxylic acids is 1. The van der Waals surface area contributed by atoms with Gasteiger partial charge in [0.05, 0.1) is 17.7 Å². The highest BCUT2D eigenvalue weighted by molar-refractivity contribution is 9.10. The third kappa shape index (κ3) is 3.71. The fraction of sp³-hybridized carbons (Fsp3) is 0.364. The molecule has 0 heterocycles. The van der Waals surface area contributed by atoms with Crippen molar-refractivity contribution in [2.75, 3.05) is 6.61 Å². The van der Waals surface area contributed by atoms with E-state index in [4.69, 9.17) is 5.11 Å². The number of aliphatic hydroxyl groups excluding tert-OH is 1. The average molecular weight is 326 g/mol.